The van der Waals surface area contributed by atoms with Gasteiger partial charge in [0.25, 0.3) is 0 Å². The van der Waals surface area contributed by atoms with Gasteiger partial charge in [-0.15, -0.1) is 33.2 Å². The molecule has 0 heterocycles. The second-order valence-electron chi connectivity index (χ2n) is 4.97. The highest BCUT2D eigenvalue weighted by Gasteiger charge is 2.90. The smallest absolute Gasteiger partial charge is 0.200 e. The van der Waals surface area contributed by atoms with Crippen molar-refractivity contribution >= 4 is 39.2 Å². The first-order chi connectivity index (χ1) is 11.0. The number of rotatable bonds is 8. The molecule has 158 valence electrons. The first-order valence-electron chi connectivity index (χ1n) is 5.98. The van der Waals surface area contributed by atoms with Gasteiger partial charge in [-0.25, -0.2) is 0 Å². The average Bonchev–Trinajstić information content (AvgIpc) is 2.34. The van der Waals surface area contributed by atoms with E-state index in [1.54, 1.807) is 0 Å². The summed E-state index contributed by atoms with van der Waals surface area (Å²) in [5, 5.41) is 0. The van der Waals surface area contributed by atoms with Gasteiger partial charge in [0.1, 0.15) is 0 Å². The largest absolute Gasteiger partial charge is 0.460 e. The van der Waals surface area contributed by atoms with Crippen LogP contribution in [0.5, 0.6) is 0 Å². The van der Waals surface area contributed by atoms with Gasteiger partial charge in [-0.3, -0.25) is 0 Å². The SMILES string of the molecule is FC(F)(F)C(F)(F)C(F)(F)C(F)(F)C(F)(F)C(F)(F)CCC[Si](Cl)(Cl)Cl. The van der Waals surface area contributed by atoms with Crippen LogP contribution in [0.4, 0.5) is 57.1 Å². The molecule has 0 atom stereocenters. The predicted octanol–water partition coefficient (Wildman–Crippen LogP) is 7.16. The minimum Gasteiger partial charge on any atom is -0.200 e. The highest BCUT2D eigenvalue weighted by Crippen LogP contribution is 2.60. The monoisotopic (exact) mass is 494 g/mol. The Morgan fingerprint density at radius 1 is 0.538 bits per heavy atom. The van der Waals surface area contributed by atoms with Crippen molar-refractivity contribution in [2.45, 2.75) is 54.7 Å². The van der Waals surface area contributed by atoms with Crippen molar-refractivity contribution in [2.24, 2.45) is 0 Å². The zero-order valence-corrected chi connectivity index (χ0v) is 14.9. The van der Waals surface area contributed by atoms with Crippen LogP contribution in [0.3, 0.4) is 0 Å². The fraction of sp³-hybridized carbons (Fsp3) is 1.00. The summed E-state index contributed by atoms with van der Waals surface area (Å²) in [5.41, 5.74) is 0. The van der Waals surface area contributed by atoms with Crippen LogP contribution in [0.1, 0.15) is 12.8 Å². The first-order valence-corrected chi connectivity index (χ1v) is 11.2. The van der Waals surface area contributed by atoms with Gasteiger partial charge >= 0.3 is 41.8 Å². The Morgan fingerprint density at radius 3 is 1.19 bits per heavy atom. The van der Waals surface area contributed by atoms with Crippen LogP contribution in [0.2, 0.25) is 6.04 Å². The van der Waals surface area contributed by atoms with Crippen molar-refractivity contribution in [2.75, 3.05) is 0 Å². The molecule has 0 rings (SSSR count). The summed E-state index contributed by atoms with van der Waals surface area (Å²) in [6, 6.07) is -4.55. The van der Waals surface area contributed by atoms with E-state index in [0.29, 0.717) is 0 Å². The Hall–Kier alpha value is 0.177. The molecule has 0 fully saturated rings. The minimum absolute atomic E-state index is 0.829. The summed E-state index contributed by atoms with van der Waals surface area (Å²) in [6.07, 6.45) is -11.0. The minimum atomic E-state index is -7.89. The molecule has 0 aliphatic rings. The molecule has 0 radical (unpaired) electrons. The van der Waals surface area contributed by atoms with Gasteiger partial charge in [-0.05, 0) is 12.5 Å². The molecule has 26 heavy (non-hydrogen) atoms. The lowest BCUT2D eigenvalue weighted by atomic mass is 9.92. The maximum absolute atomic E-state index is 13.3. The lowest BCUT2D eigenvalue weighted by molar-refractivity contribution is -0.440. The maximum Gasteiger partial charge on any atom is 0.460 e. The summed E-state index contributed by atoms with van der Waals surface area (Å²) >= 11 is 15.6. The highest BCUT2D eigenvalue weighted by atomic mass is 35.8. The van der Waals surface area contributed by atoms with Crippen LogP contribution < -0.4 is 0 Å². The Balaban J connectivity index is 5.85. The van der Waals surface area contributed by atoms with Gasteiger partial charge in [0.15, 0.2) is 0 Å². The van der Waals surface area contributed by atoms with E-state index in [4.69, 9.17) is 33.2 Å². The molecule has 0 spiro atoms. The Bertz CT molecular complexity index is 496. The van der Waals surface area contributed by atoms with E-state index >= 15 is 0 Å². The van der Waals surface area contributed by atoms with Crippen LogP contribution in [0.15, 0.2) is 0 Å². The molecule has 0 aromatic heterocycles. The van der Waals surface area contributed by atoms with Gasteiger partial charge < -0.3 is 0 Å². The highest BCUT2D eigenvalue weighted by molar-refractivity contribution is 7.64. The van der Waals surface area contributed by atoms with Crippen molar-refractivity contribution in [3.05, 3.63) is 0 Å². The van der Waals surface area contributed by atoms with E-state index in [1.807, 2.05) is 0 Å². The Labute approximate surface area is 151 Å². The zero-order valence-electron chi connectivity index (χ0n) is 11.7. The predicted molar refractivity (Wildman–Crippen MR) is 68.1 cm³/mol. The average molecular weight is 496 g/mol. The van der Waals surface area contributed by atoms with E-state index in [0.717, 1.165) is 0 Å². The lowest BCUT2D eigenvalue weighted by Gasteiger charge is -2.39. The van der Waals surface area contributed by atoms with Gasteiger partial charge in [-0.2, -0.15) is 57.1 Å². The molecule has 0 saturated heterocycles. The van der Waals surface area contributed by atoms with Crippen LogP contribution in [-0.4, -0.2) is 41.8 Å². The fourth-order valence-corrected chi connectivity index (χ4v) is 3.25. The van der Waals surface area contributed by atoms with Crippen LogP contribution in [-0.2, 0) is 0 Å². The van der Waals surface area contributed by atoms with Crippen LogP contribution in [0, 0.1) is 0 Å². The Morgan fingerprint density at radius 2 is 0.885 bits per heavy atom. The molecule has 0 nitrogen and oxygen atoms in total. The standard InChI is InChI=1S/C9H6Cl3F13Si/c10-26(11,12)3-1-2-4(13,14)5(15,16)6(17,18)7(19,20)8(21,22)9(23,24)25/h1-3H2. The van der Waals surface area contributed by atoms with Crippen molar-refractivity contribution in [3.8, 4) is 0 Å². The van der Waals surface area contributed by atoms with E-state index in [9.17, 15) is 57.1 Å². The molecular weight excluding hydrogens is 490 g/mol. The van der Waals surface area contributed by atoms with Crippen molar-refractivity contribution in [1.82, 2.24) is 0 Å². The van der Waals surface area contributed by atoms with E-state index in [1.165, 1.54) is 0 Å². The Kier molecular flexibility index (Phi) is 7.26. The number of alkyl halides is 13. The van der Waals surface area contributed by atoms with Gasteiger partial charge in [-0.1, -0.05) is 0 Å². The molecule has 0 amide bonds. The van der Waals surface area contributed by atoms with E-state index in [2.05, 4.69) is 0 Å². The summed E-state index contributed by atoms with van der Waals surface area (Å²) < 4.78 is 166. The second-order valence-corrected chi connectivity index (χ2v) is 14.2. The summed E-state index contributed by atoms with van der Waals surface area (Å²) in [6.45, 7) is 0. The molecule has 0 N–H and O–H groups in total. The molecular formula is C9H6Cl3F13Si. The summed E-state index contributed by atoms with van der Waals surface area (Å²) in [5.74, 6) is -36.8. The number of halogens is 16. The molecule has 0 aromatic carbocycles. The third kappa shape index (κ3) is 4.59. The molecule has 0 aliphatic carbocycles. The van der Waals surface area contributed by atoms with E-state index < -0.39 is 60.7 Å². The van der Waals surface area contributed by atoms with Gasteiger partial charge in [0.05, 0.1) is 0 Å². The quantitative estimate of drug-likeness (QED) is 0.190. The maximum atomic E-state index is 13.3. The lowest BCUT2D eigenvalue weighted by Crippen LogP contribution is -2.70. The van der Waals surface area contributed by atoms with Crippen molar-refractivity contribution < 1.29 is 57.1 Å². The second kappa shape index (κ2) is 7.21. The van der Waals surface area contributed by atoms with E-state index in [-0.39, 0.29) is 0 Å². The van der Waals surface area contributed by atoms with Gasteiger partial charge in [0.2, 0.25) is 0 Å². The third-order valence-corrected chi connectivity index (χ3v) is 5.57. The molecule has 0 aliphatic heterocycles. The van der Waals surface area contributed by atoms with Crippen LogP contribution >= 0.6 is 33.2 Å². The molecule has 17 heteroatoms. The van der Waals surface area contributed by atoms with Crippen molar-refractivity contribution in [1.29, 1.82) is 0 Å². The zero-order chi connectivity index (χ0) is 21.6. The number of hydrogen-bond donors (Lipinski definition) is 0. The molecule has 0 bridgehead atoms. The molecule has 0 saturated carbocycles. The molecule has 0 aromatic rings. The van der Waals surface area contributed by atoms with Gasteiger partial charge in [0, 0.05) is 6.42 Å². The summed E-state index contributed by atoms with van der Waals surface area (Å²) in [7, 11) is 0. The van der Waals surface area contributed by atoms with Crippen LogP contribution in [0.25, 0.3) is 0 Å². The first kappa shape index (κ1) is 26.2. The number of hydrogen-bond acceptors (Lipinski definition) is 0. The topological polar surface area (TPSA) is 0 Å². The molecule has 0 unspecified atom stereocenters. The fourth-order valence-electron chi connectivity index (χ4n) is 1.47. The normalized spacial score (nSPS) is 16.2. The summed E-state index contributed by atoms with van der Waals surface area (Å²) in [4.78, 5) is 0. The third-order valence-electron chi connectivity index (χ3n) is 2.95. The van der Waals surface area contributed by atoms with Crippen molar-refractivity contribution in [3.63, 3.8) is 0 Å².